The van der Waals surface area contributed by atoms with Gasteiger partial charge in [-0.25, -0.2) is 9.97 Å². The average Bonchev–Trinajstić information content (AvgIpc) is 3.17. The summed E-state index contributed by atoms with van der Waals surface area (Å²) in [5.41, 5.74) is 4.37. The van der Waals surface area contributed by atoms with E-state index in [1.54, 1.807) is 18.5 Å². The molecule has 0 unspecified atom stereocenters. The van der Waals surface area contributed by atoms with Gasteiger partial charge in [0.2, 0.25) is 5.95 Å². The SMILES string of the molecule is C[C@H]1CC[C@H](Cn2c(Nc3ccccc3)nc3cc(C#N)nc(-c4cncc(Cl)c4)c32)CC1. The van der Waals surface area contributed by atoms with Crippen molar-refractivity contribution in [3.8, 4) is 17.3 Å². The minimum absolute atomic E-state index is 0.319. The molecule has 1 aromatic carbocycles. The maximum absolute atomic E-state index is 9.62. The highest BCUT2D eigenvalue weighted by atomic mass is 35.5. The van der Waals surface area contributed by atoms with Crippen LogP contribution >= 0.6 is 11.6 Å². The Morgan fingerprint density at radius 3 is 2.61 bits per heavy atom. The number of anilines is 2. The van der Waals surface area contributed by atoms with Gasteiger partial charge in [0.05, 0.1) is 21.7 Å². The molecule has 3 aromatic heterocycles. The zero-order chi connectivity index (χ0) is 22.8. The molecule has 6 nitrogen and oxygen atoms in total. The van der Waals surface area contributed by atoms with Crippen molar-refractivity contribution < 1.29 is 0 Å². The second-order valence-electron chi connectivity index (χ2n) is 8.89. The van der Waals surface area contributed by atoms with Crippen LogP contribution in [0.4, 0.5) is 11.6 Å². The van der Waals surface area contributed by atoms with E-state index in [0.717, 1.165) is 40.7 Å². The fraction of sp³-hybridized carbons (Fsp3) is 0.308. The first-order chi connectivity index (χ1) is 16.1. The molecule has 1 fully saturated rings. The monoisotopic (exact) mass is 456 g/mol. The number of hydrogen-bond acceptors (Lipinski definition) is 5. The van der Waals surface area contributed by atoms with Gasteiger partial charge in [0, 0.05) is 36.3 Å². The van der Waals surface area contributed by atoms with E-state index in [9.17, 15) is 5.26 Å². The lowest BCUT2D eigenvalue weighted by atomic mass is 9.83. The predicted octanol–water partition coefficient (Wildman–Crippen LogP) is 6.59. The number of nitrogens with zero attached hydrogens (tertiary/aromatic N) is 5. The second kappa shape index (κ2) is 9.21. The summed E-state index contributed by atoms with van der Waals surface area (Å²) in [6.45, 7) is 3.18. The summed E-state index contributed by atoms with van der Waals surface area (Å²) in [6.07, 6.45) is 8.23. The summed E-state index contributed by atoms with van der Waals surface area (Å²) in [5, 5.41) is 13.6. The van der Waals surface area contributed by atoms with Crippen LogP contribution in [0.1, 0.15) is 38.3 Å². The first kappa shape index (κ1) is 21.4. The summed E-state index contributed by atoms with van der Waals surface area (Å²) in [5.74, 6) is 2.11. The van der Waals surface area contributed by atoms with Crippen molar-refractivity contribution in [3.05, 3.63) is 65.6 Å². The molecule has 1 saturated carbocycles. The average molecular weight is 457 g/mol. The Bertz CT molecular complexity index is 1320. The smallest absolute Gasteiger partial charge is 0.208 e. The highest BCUT2D eigenvalue weighted by molar-refractivity contribution is 6.30. The maximum atomic E-state index is 9.62. The summed E-state index contributed by atoms with van der Waals surface area (Å²) >= 11 is 6.25. The topological polar surface area (TPSA) is 79.4 Å². The lowest BCUT2D eigenvalue weighted by Gasteiger charge is -2.27. The third-order valence-electron chi connectivity index (χ3n) is 6.42. The van der Waals surface area contributed by atoms with Crippen LogP contribution in [0.2, 0.25) is 5.02 Å². The van der Waals surface area contributed by atoms with E-state index in [-0.39, 0.29) is 0 Å². The summed E-state index contributed by atoms with van der Waals surface area (Å²) < 4.78 is 2.23. The molecule has 166 valence electrons. The molecular weight excluding hydrogens is 432 g/mol. The molecule has 0 spiro atoms. The van der Waals surface area contributed by atoms with E-state index in [0.29, 0.717) is 22.3 Å². The second-order valence-corrected chi connectivity index (χ2v) is 9.33. The van der Waals surface area contributed by atoms with Crippen LogP contribution in [-0.2, 0) is 6.54 Å². The molecule has 0 radical (unpaired) electrons. The molecule has 7 heteroatoms. The minimum Gasteiger partial charge on any atom is -0.326 e. The van der Waals surface area contributed by atoms with Crippen LogP contribution < -0.4 is 5.32 Å². The van der Waals surface area contributed by atoms with Gasteiger partial charge in [-0.05, 0) is 42.9 Å². The molecule has 1 aliphatic rings. The van der Waals surface area contributed by atoms with E-state index >= 15 is 0 Å². The number of hydrogen-bond donors (Lipinski definition) is 1. The zero-order valence-electron chi connectivity index (χ0n) is 18.5. The van der Waals surface area contributed by atoms with Crippen molar-refractivity contribution in [2.45, 2.75) is 39.2 Å². The molecule has 1 aliphatic carbocycles. The van der Waals surface area contributed by atoms with Gasteiger partial charge in [0.15, 0.2) is 0 Å². The standard InChI is InChI=1S/C26H25ClN6/c1-17-7-9-18(10-8-17)16-33-25-23(32-26(33)31-21-5-3-2-4-6-21)12-22(13-28)30-24(25)19-11-20(27)15-29-14-19/h2-6,11-12,14-15,17-18H,7-10,16H2,1H3,(H,31,32)/t17-,18-. The van der Waals surface area contributed by atoms with Crippen molar-refractivity contribution in [2.75, 3.05) is 5.32 Å². The lowest BCUT2D eigenvalue weighted by Crippen LogP contribution is -2.19. The Labute approximate surface area is 198 Å². The number of pyridine rings is 2. The first-order valence-electron chi connectivity index (χ1n) is 11.3. The Kier molecular flexibility index (Phi) is 5.97. The number of nitriles is 1. The van der Waals surface area contributed by atoms with Crippen LogP contribution in [0.15, 0.2) is 54.9 Å². The summed E-state index contributed by atoms with van der Waals surface area (Å²) in [7, 11) is 0. The van der Waals surface area contributed by atoms with E-state index in [4.69, 9.17) is 16.6 Å². The zero-order valence-corrected chi connectivity index (χ0v) is 19.3. The third kappa shape index (κ3) is 4.55. The molecule has 1 N–H and O–H groups in total. The molecule has 0 saturated heterocycles. The number of rotatable bonds is 5. The highest BCUT2D eigenvalue weighted by Crippen LogP contribution is 2.35. The molecule has 0 atom stereocenters. The molecular formula is C26H25ClN6. The van der Waals surface area contributed by atoms with Crippen LogP contribution in [-0.4, -0.2) is 19.5 Å². The van der Waals surface area contributed by atoms with Crippen molar-refractivity contribution in [1.82, 2.24) is 19.5 Å². The van der Waals surface area contributed by atoms with Gasteiger partial charge >= 0.3 is 0 Å². The van der Waals surface area contributed by atoms with Crippen molar-refractivity contribution >= 4 is 34.3 Å². The Hall–Kier alpha value is -3.43. The van der Waals surface area contributed by atoms with Crippen LogP contribution in [0.3, 0.4) is 0 Å². The van der Waals surface area contributed by atoms with E-state index < -0.39 is 0 Å². The highest BCUT2D eigenvalue weighted by Gasteiger charge is 2.24. The number of fused-ring (bicyclic) bond motifs is 1. The predicted molar refractivity (Wildman–Crippen MR) is 131 cm³/mol. The molecule has 0 amide bonds. The fourth-order valence-electron chi connectivity index (χ4n) is 4.65. The number of halogens is 1. The molecule has 5 rings (SSSR count). The normalized spacial score (nSPS) is 18.2. The van der Waals surface area contributed by atoms with Gasteiger partial charge in [0.1, 0.15) is 11.8 Å². The van der Waals surface area contributed by atoms with E-state index in [2.05, 4.69) is 32.8 Å². The van der Waals surface area contributed by atoms with Gasteiger partial charge in [-0.3, -0.25) is 4.98 Å². The first-order valence-corrected chi connectivity index (χ1v) is 11.7. The molecule has 33 heavy (non-hydrogen) atoms. The van der Waals surface area contributed by atoms with Gasteiger partial charge in [-0.1, -0.05) is 49.6 Å². The van der Waals surface area contributed by atoms with Crippen LogP contribution in [0.25, 0.3) is 22.3 Å². The lowest BCUT2D eigenvalue weighted by molar-refractivity contribution is 0.267. The fourth-order valence-corrected chi connectivity index (χ4v) is 4.82. The van der Waals surface area contributed by atoms with Crippen molar-refractivity contribution in [2.24, 2.45) is 11.8 Å². The molecule has 0 bridgehead atoms. The maximum Gasteiger partial charge on any atom is 0.208 e. The molecule has 4 aromatic rings. The van der Waals surface area contributed by atoms with E-state index in [1.165, 1.54) is 25.7 Å². The molecule has 3 heterocycles. The number of para-hydroxylation sites is 1. The van der Waals surface area contributed by atoms with E-state index in [1.807, 2.05) is 36.4 Å². The number of benzene rings is 1. The third-order valence-corrected chi connectivity index (χ3v) is 6.63. The number of aromatic nitrogens is 4. The Balaban J connectivity index is 1.68. The summed E-state index contributed by atoms with van der Waals surface area (Å²) in [6, 6.07) is 15.8. The summed E-state index contributed by atoms with van der Waals surface area (Å²) in [4.78, 5) is 13.8. The van der Waals surface area contributed by atoms with Crippen molar-refractivity contribution in [3.63, 3.8) is 0 Å². The van der Waals surface area contributed by atoms with Crippen LogP contribution in [0, 0.1) is 23.2 Å². The Morgan fingerprint density at radius 1 is 1.09 bits per heavy atom. The van der Waals surface area contributed by atoms with Crippen molar-refractivity contribution in [1.29, 1.82) is 5.26 Å². The van der Waals surface area contributed by atoms with Gasteiger partial charge < -0.3 is 9.88 Å². The minimum atomic E-state index is 0.319. The van der Waals surface area contributed by atoms with Gasteiger partial charge in [0.25, 0.3) is 0 Å². The van der Waals surface area contributed by atoms with Crippen LogP contribution in [0.5, 0.6) is 0 Å². The largest absolute Gasteiger partial charge is 0.326 e. The van der Waals surface area contributed by atoms with Gasteiger partial charge in [-0.15, -0.1) is 0 Å². The van der Waals surface area contributed by atoms with Gasteiger partial charge in [-0.2, -0.15) is 5.26 Å². The number of nitrogens with one attached hydrogen (secondary N) is 1. The number of imidazole rings is 1. The Morgan fingerprint density at radius 2 is 1.88 bits per heavy atom. The quantitative estimate of drug-likeness (QED) is 0.366. The molecule has 0 aliphatic heterocycles.